The van der Waals surface area contributed by atoms with Crippen molar-refractivity contribution in [3.8, 4) is 0 Å². The molecule has 1 amide bonds. The Hall–Kier alpha value is -2.32. The molecule has 0 aliphatic rings. The zero-order valence-electron chi connectivity index (χ0n) is 11.7. The number of nitrogens with zero attached hydrogens (tertiary/aromatic N) is 2. The summed E-state index contributed by atoms with van der Waals surface area (Å²) in [6.45, 7) is 5.01. The molecular weight excluding hydrogens is 288 g/mol. The highest BCUT2D eigenvalue weighted by molar-refractivity contribution is 5.82. The number of carboxylic acids is 1. The molecule has 0 aliphatic heterocycles. The van der Waals surface area contributed by atoms with Crippen LogP contribution in [0.1, 0.15) is 26.3 Å². The van der Waals surface area contributed by atoms with Crippen LogP contribution in [0.15, 0.2) is 12.4 Å². The van der Waals surface area contributed by atoms with Crippen molar-refractivity contribution in [2.75, 3.05) is 5.32 Å². The van der Waals surface area contributed by atoms with E-state index in [1.165, 1.54) is 0 Å². The van der Waals surface area contributed by atoms with E-state index in [4.69, 9.17) is 9.84 Å². The van der Waals surface area contributed by atoms with E-state index in [9.17, 15) is 18.4 Å². The normalized spacial score (nSPS) is 11.9. The predicted octanol–water partition coefficient (Wildman–Crippen LogP) is 2.09. The van der Waals surface area contributed by atoms with Crippen LogP contribution in [0.4, 0.5) is 19.5 Å². The average molecular weight is 303 g/mol. The van der Waals surface area contributed by atoms with E-state index in [-0.39, 0.29) is 11.5 Å². The summed E-state index contributed by atoms with van der Waals surface area (Å²) in [4.78, 5) is 29.0. The van der Waals surface area contributed by atoms with Crippen LogP contribution in [0.5, 0.6) is 0 Å². The van der Waals surface area contributed by atoms with Crippen molar-refractivity contribution in [1.82, 2.24) is 9.97 Å². The molecule has 0 bridgehead atoms. The fourth-order valence-corrected chi connectivity index (χ4v) is 1.24. The molecule has 0 saturated heterocycles. The van der Waals surface area contributed by atoms with Crippen molar-refractivity contribution >= 4 is 18.0 Å². The fraction of sp³-hybridized carbons (Fsp3) is 0.500. The second kappa shape index (κ2) is 5.98. The van der Waals surface area contributed by atoms with Gasteiger partial charge in [-0.3, -0.25) is 5.32 Å². The lowest BCUT2D eigenvalue weighted by Crippen LogP contribution is -2.31. The third kappa shape index (κ3) is 5.67. The third-order valence-electron chi connectivity index (χ3n) is 2.06. The molecule has 0 aromatic carbocycles. The first-order chi connectivity index (χ1) is 9.49. The molecule has 1 aromatic heterocycles. The van der Waals surface area contributed by atoms with Crippen LogP contribution in [0.2, 0.25) is 0 Å². The molecule has 1 aromatic rings. The van der Waals surface area contributed by atoms with Crippen molar-refractivity contribution in [2.45, 2.75) is 38.7 Å². The average Bonchev–Trinajstić information content (AvgIpc) is 2.28. The number of ether oxygens (including phenoxy) is 1. The summed E-state index contributed by atoms with van der Waals surface area (Å²) in [6.07, 6.45) is 0.202. The maximum atomic E-state index is 13.0. The number of hydrogen-bond donors (Lipinski definition) is 2. The number of nitrogens with one attached hydrogen (secondary N) is 1. The molecule has 9 heteroatoms. The van der Waals surface area contributed by atoms with Gasteiger partial charge in [-0.25, -0.2) is 19.6 Å². The largest absolute Gasteiger partial charge is 0.477 e. The topological polar surface area (TPSA) is 101 Å². The molecule has 21 heavy (non-hydrogen) atoms. The molecule has 0 unspecified atom stereocenters. The van der Waals surface area contributed by atoms with Gasteiger partial charge in [-0.2, -0.15) is 8.78 Å². The highest BCUT2D eigenvalue weighted by Crippen LogP contribution is 2.19. The minimum atomic E-state index is -3.90. The minimum Gasteiger partial charge on any atom is -0.477 e. The zero-order chi connectivity index (χ0) is 16.3. The molecule has 0 spiro atoms. The van der Waals surface area contributed by atoms with Gasteiger partial charge in [0.25, 0.3) is 0 Å². The number of alkyl halides is 2. The highest BCUT2D eigenvalue weighted by Gasteiger charge is 2.39. The molecule has 1 rings (SSSR count). The van der Waals surface area contributed by atoms with Crippen molar-refractivity contribution in [1.29, 1.82) is 0 Å². The molecule has 0 aliphatic carbocycles. The SMILES string of the molecule is CC(C)(C)OC(=O)Nc1ncc(CC(F)(F)C(=O)O)cn1. The van der Waals surface area contributed by atoms with Gasteiger partial charge in [0.1, 0.15) is 5.60 Å². The van der Waals surface area contributed by atoms with Gasteiger partial charge in [-0.15, -0.1) is 0 Å². The Morgan fingerprint density at radius 2 is 1.81 bits per heavy atom. The highest BCUT2D eigenvalue weighted by atomic mass is 19.3. The smallest absolute Gasteiger partial charge is 0.414 e. The van der Waals surface area contributed by atoms with Gasteiger partial charge >= 0.3 is 18.0 Å². The summed E-state index contributed by atoms with van der Waals surface area (Å²) >= 11 is 0. The van der Waals surface area contributed by atoms with Crippen LogP contribution < -0.4 is 5.32 Å². The Morgan fingerprint density at radius 3 is 2.24 bits per heavy atom. The Balaban J connectivity index is 2.67. The van der Waals surface area contributed by atoms with Crippen LogP contribution >= 0.6 is 0 Å². The van der Waals surface area contributed by atoms with Crippen LogP contribution in [0.25, 0.3) is 0 Å². The van der Waals surface area contributed by atoms with E-state index in [0.29, 0.717) is 0 Å². The van der Waals surface area contributed by atoms with Gasteiger partial charge in [-0.05, 0) is 26.3 Å². The molecule has 0 radical (unpaired) electrons. The number of carbonyl (C=O) groups excluding carboxylic acids is 1. The van der Waals surface area contributed by atoms with E-state index in [1.54, 1.807) is 20.8 Å². The number of carbonyl (C=O) groups is 2. The lowest BCUT2D eigenvalue weighted by atomic mass is 10.1. The van der Waals surface area contributed by atoms with Crippen LogP contribution in [-0.2, 0) is 16.0 Å². The number of hydrogen-bond acceptors (Lipinski definition) is 5. The number of anilines is 1. The molecule has 0 atom stereocenters. The molecule has 7 nitrogen and oxygen atoms in total. The van der Waals surface area contributed by atoms with E-state index in [1.807, 2.05) is 0 Å². The summed E-state index contributed by atoms with van der Waals surface area (Å²) in [6, 6.07) is 0. The van der Waals surface area contributed by atoms with E-state index in [2.05, 4.69) is 15.3 Å². The quantitative estimate of drug-likeness (QED) is 0.883. The van der Waals surface area contributed by atoms with Crippen LogP contribution in [0, 0.1) is 0 Å². The van der Waals surface area contributed by atoms with E-state index in [0.717, 1.165) is 12.4 Å². The molecule has 0 fully saturated rings. The van der Waals surface area contributed by atoms with Gasteiger partial charge in [0.2, 0.25) is 5.95 Å². The van der Waals surface area contributed by atoms with Gasteiger partial charge in [0.05, 0.1) is 6.42 Å². The zero-order valence-corrected chi connectivity index (χ0v) is 11.7. The van der Waals surface area contributed by atoms with Gasteiger partial charge < -0.3 is 9.84 Å². The van der Waals surface area contributed by atoms with Crippen molar-refractivity contribution in [3.05, 3.63) is 18.0 Å². The Kier molecular flexibility index (Phi) is 4.77. The molecule has 0 saturated carbocycles. The number of halogens is 2. The van der Waals surface area contributed by atoms with Gasteiger partial charge in [-0.1, -0.05) is 0 Å². The molecular formula is C12H15F2N3O4. The van der Waals surface area contributed by atoms with Gasteiger partial charge in [0, 0.05) is 12.4 Å². The second-order valence-corrected chi connectivity index (χ2v) is 5.23. The lowest BCUT2D eigenvalue weighted by Gasteiger charge is -2.19. The predicted molar refractivity (Wildman–Crippen MR) is 68.2 cm³/mol. The number of carboxylic acid groups (broad SMARTS) is 1. The Bertz CT molecular complexity index is 526. The van der Waals surface area contributed by atoms with Crippen LogP contribution in [-0.4, -0.2) is 38.7 Å². The molecule has 1 heterocycles. The first-order valence-electron chi connectivity index (χ1n) is 5.92. The Morgan fingerprint density at radius 1 is 1.29 bits per heavy atom. The van der Waals surface area contributed by atoms with Crippen molar-refractivity contribution in [3.63, 3.8) is 0 Å². The maximum Gasteiger partial charge on any atom is 0.414 e. The molecule has 2 N–H and O–H groups in total. The first-order valence-corrected chi connectivity index (χ1v) is 5.92. The minimum absolute atomic E-state index is 0.0721. The van der Waals surface area contributed by atoms with Gasteiger partial charge in [0.15, 0.2) is 0 Å². The summed E-state index contributed by atoms with van der Waals surface area (Å²) in [5, 5.41) is 10.5. The third-order valence-corrected chi connectivity index (χ3v) is 2.06. The molecule has 116 valence electrons. The first kappa shape index (κ1) is 16.7. The summed E-state index contributed by atoms with van der Waals surface area (Å²) in [5.41, 5.74) is -0.773. The number of aliphatic carboxylic acids is 1. The number of aromatic nitrogens is 2. The monoisotopic (exact) mass is 303 g/mol. The lowest BCUT2D eigenvalue weighted by molar-refractivity contribution is -0.164. The number of rotatable bonds is 4. The van der Waals surface area contributed by atoms with E-state index >= 15 is 0 Å². The standard InChI is InChI=1S/C12H15F2N3O4/c1-11(2,3)21-10(20)17-9-15-5-7(6-16-9)4-12(13,14)8(18)19/h5-6H,4H2,1-3H3,(H,18,19)(H,15,16,17,20). The number of amides is 1. The van der Waals surface area contributed by atoms with Crippen LogP contribution in [0.3, 0.4) is 0 Å². The van der Waals surface area contributed by atoms with E-state index < -0.39 is 30.0 Å². The fourth-order valence-electron chi connectivity index (χ4n) is 1.24. The summed E-state index contributed by atoms with van der Waals surface area (Å²) in [5.74, 6) is -6.26. The maximum absolute atomic E-state index is 13.0. The second-order valence-electron chi connectivity index (χ2n) is 5.23. The summed E-state index contributed by atoms with van der Waals surface area (Å²) in [7, 11) is 0. The summed E-state index contributed by atoms with van der Waals surface area (Å²) < 4.78 is 30.9. The van der Waals surface area contributed by atoms with Crippen molar-refractivity contribution in [2.24, 2.45) is 0 Å². The Labute approximate surface area is 119 Å². The van der Waals surface area contributed by atoms with Crippen molar-refractivity contribution < 1.29 is 28.2 Å².